The second-order valence-electron chi connectivity index (χ2n) is 6.90. The van der Waals surface area contributed by atoms with Gasteiger partial charge in [-0.1, -0.05) is 51.1 Å². The molecule has 2 aromatic rings. The van der Waals surface area contributed by atoms with Crippen LogP contribution in [0.4, 0.5) is 0 Å². The van der Waals surface area contributed by atoms with Crippen molar-refractivity contribution in [2.45, 2.75) is 58.8 Å². The molecule has 0 saturated carbocycles. The molecule has 0 heterocycles. The van der Waals surface area contributed by atoms with Gasteiger partial charge in [0.15, 0.2) is 11.5 Å². The molecule has 2 rings (SSSR count). The molecule has 160 valence electrons. The molecule has 5 nitrogen and oxygen atoms in total. The van der Waals surface area contributed by atoms with Crippen molar-refractivity contribution in [3.8, 4) is 23.0 Å². The summed E-state index contributed by atoms with van der Waals surface area (Å²) in [5.41, 5.74) is 0. The van der Waals surface area contributed by atoms with Crippen LogP contribution in [0.2, 0.25) is 5.02 Å². The molecule has 0 radical (unpaired) electrons. The van der Waals surface area contributed by atoms with Gasteiger partial charge in [-0.2, -0.15) is 0 Å². The van der Waals surface area contributed by atoms with Crippen molar-refractivity contribution in [2.75, 3.05) is 20.8 Å². The number of hydrogen-bond donors (Lipinski definition) is 0. The van der Waals surface area contributed by atoms with E-state index in [1.165, 1.54) is 27.1 Å². The highest BCUT2D eigenvalue weighted by Gasteiger charge is 2.25. The summed E-state index contributed by atoms with van der Waals surface area (Å²) in [6.45, 7) is 4.71. The van der Waals surface area contributed by atoms with Gasteiger partial charge in [-0.3, -0.25) is 4.79 Å². The molecule has 0 amide bonds. The van der Waals surface area contributed by atoms with Crippen LogP contribution in [0, 0.1) is 0 Å². The van der Waals surface area contributed by atoms with Gasteiger partial charge in [0.1, 0.15) is 0 Å². The average molecular weight is 423 g/mol. The van der Waals surface area contributed by atoms with Crippen LogP contribution in [0.1, 0.15) is 58.8 Å². The molecule has 0 saturated heterocycles. The molecule has 6 heteroatoms. The third kappa shape index (κ3) is 5.92. The number of ether oxygens (including phenoxy) is 4. The van der Waals surface area contributed by atoms with Gasteiger partial charge >= 0.3 is 5.97 Å². The van der Waals surface area contributed by atoms with Gasteiger partial charge in [0.05, 0.1) is 20.8 Å². The van der Waals surface area contributed by atoms with Gasteiger partial charge < -0.3 is 18.9 Å². The molecule has 0 bridgehead atoms. The summed E-state index contributed by atoms with van der Waals surface area (Å²) in [7, 11) is 3.05. The lowest BCUT2D eigenvalue weighted by atomic mass is 10.1. The van der Waals surface area contributed by atoms with Crippen LogP contribution in [0.15, 0.2) is 18.2 Å². The molecular weight excluding hydrogens is 392 g/mol. The Kier molecular flexibility index (Phi) is 9.39. The number of unbranched alkanes of at least 4 members (excludes halogenated alkanes) is 4. The van der Waals surface area contributed by atoms with E-state index in [1.54, 1.807) is 12.1 Å². The molecule has 0 aliphatic rings. The number of fused-ring (bicyclic) bond motifs is 1. The van der Waals surface area contributed by atoms with E-state index < -0.39 is 0 Å². The first-order valence-corrected chi connectivity index (χ1v) is 10.7. The summed E-state index contributed by atoms with van der Waals surface area (Å²) in [6, 6.07) is 5.36. The molecule has 0 atom stereocenters. The van der Waals surface area contributed by atoms with E-state index in [0.29, 0.717) is 46.4 Å². The van der Waals surface area contributed by atoms with Crippen molar-refractivity contribution >= 4 is 28.3 Å². The Morgan fingerprint density at radius 3 is 2.21 bits per heavy atom. The van der Waals surface area contributed by atoms with E-state index >= 15 is 0 Å². The maximum absolute atomic E-state index is 12.5. The SMILES string of the molecule is CCCCCCCC(=O)Oc1c(OC)c(OC)c(OCCC)c2ccc(Cl)cc12. The van der Waals surface area contributed by atoms with Crippen molar-refractivity contribution in [3.05, 3.63) is 23.2 Å². The minimum Gasteiger partial charge on any atom is -0.490 e. The molecule has 0 unspecified atom stereocenters. The van der Waals surface area contributed by atoms with Crippen LogP contribution in [-0.4, -0.2) is 26.8 Å². The Balaban J connectivity index is 2.42. The minimum absolute atomic E-state index is 0.301. The Labute approximate surface area is 178 Å². The normalized spacial score (nSPS) is 10.8. The van der Waals surface area contributed by atoms with Crippen LogP contribution in [0.25, 0.3) is 10.8 Å². The number of methoxy groups -OCH3 is 2. The second-order valence-corrected chi connectivity index (χ2v) is 7.34. The Morgan fingerprint density at radius 1 is 0.862 bits per heavy atom. The first-order valence-electron chi connectivity index (χ1n) is 10.3. The first kappa shape index (κ1) is 23.1. The van der Waals surface area contributed by atoms with Crippen molar-refractivity contribution in [1.82, 2.24) is 0 Å². The maximum atomic E-state index is 12.5. The van der Waals surface area contributed by atoms with Crippen molar-refractivity contribution < 1.29 is 23.7 Å². The van der Waals surface area contributed by atoms with Crippen LogP contribution in [-0.2, 0) is 4.79 Å². The summed E-state index contributed by atoms with van der Waals surface area (Å²) >= 11 is 6.23. The molecule has 0 N–H and O–H groups in total. The number of rotatable bonds is 12. The summed E-state index contributed by atoms with van der Waals surface area (Å²) in [4.78, 5) is 12.5. The molecule has 2 aromatic carbocycles. The molecule has 0 spiro atoms. The van der Waals surface area contributed by atoms with Gasteiger partial charge in [0.2, 0.25) is 11.5 Å². The standard InChI is InChI=1S/C23H31ClO5/c1-5-7-8-9-10-11-19(25)29-21-18-15-16(24)12-13-17(18)20(28-14-6-2)22(26-3)23(21)27-4/h12-13,15H,5-11,14H2,1-4H3. The molecule has 0 aliphatic heterocycles. The van der Waals surface area contributed by atoms with E-state index in [2.05, 4.69) is 6.92 Å². The second kappa shape index (κ2) is 11.8. The van der Waals surface area contributed by atoms with E-state index in [0.717, 1.165) is 31.1 Å². The number of benzene rings is 2. The summed E-state index contributed by atoms with van der Waals surface area (Å²) in [5, 5.41) is 1.94. The lowest BCUT2D eigenvalue weighted by Crippen LogP contribution is -2.10. The zero-order valence-electron chi connectivity index (χ0n) is 17.8. The number of hydrogen-bond acceptors (Lipinski definition) is 5. The highest BCUT2D eigenvalue weighted by molar-refractivity contribution is 6.31. The quantitative estimate of drug-likeness (QED) is 0.220. The summed E-state index contributed by atoms with van der Waals surface area (Å²) < 4.78 is 22.8. The van der Waals surface area contributed by atoms with Crippen LogP contribution < -0.4 is 18.9 Å². The predicted octanol–water partition coefficient (Wildman–Crippen LogP) is 6.57. The fourth-order valence-corrected chi connectivity index (χ4v) is 3.38. The minimum atomic E-state index is -0.301. The number of halogens is 1. The molecule has 0 fully saturated rings. The van der Waals surface area contributed by atoms with Gasteiger partial charge in [0, 0.05) is 22.2 Å². The smallest absolute Gasteiger partial charge is 0.311 e. The lowest BCUT2D eigenvalue weighted by Gasteiger charge is -2.20. The third-order valence-corrected chi connectivity index (χ3v) is 4.88. The Hall–Kier alpha value is -2.14. The van der Waals surface area contributed by atoms with Gasteiger partial charge in [0.25, 0.3) is 0 Å². The van der Waals surface area contributed by atoms with E-state index in [1.807, 2.05) is 13.0 Å². The fourth-order valence-electron chi connectivity index (χ4n) is 3.21. The molecule has 0 aliphatic carbocycles. The monoisotopic (exact) mass is 422 g/mol. The van der Waals surface area contributed by atoms with Gasteiger partial charge in [-0.25, -0.2) is 0 Å². The number of esters is 1. The Morgan fingerprint density at radius 2 is 1.55 bits per heavy atom. The van der Waals surface area contributed by atoms with Crippen molar-refractivity contribution in [1.29, 1.82) is 0 Å². The summed E-state index contributed by atoms with van der Waals surface area (Å²) in [5.74, 6) is 1.29. The molecular formula is C23H31ClO5. The molecule has 0 aromatic heterocycles. The third-order valence-electron chi connectivity index (χ3n) is 4.65. The Bertz CT molecular complexity index is 819. The fraction of sp³-hybridized carbons (Fsp3) is 0.522. The van der Waals surface area contributed by atoms with E-state index in [9.17, 15) is 4.79 Å². The highest BCUT2D eigenvalue weighted by atomic mass is 35.5. The number of carbonyl (C=O) groups is 1. The number of carbonyl (C=O) groups excluding carboxylic acids is 1. The highest BCUT2D eigenvalue weighted by Crippen LogP contribution is 2.51. The van der Waals surface area contributed by atoms with Crippen molar-refractivity contribution in [2.24, 2.45) is 0 Å². The van der Waals surface area contributed by atoms with E-state index in [4.69, 9.17) is 30.5 Å². The van der Waals surface area contributed by atoms with Gasteiger partial charge in [-0.05, 0) is 31.0 Å². The average Bonchev–Trinajstić information content (AvgIpc) is 2.72. The van der Waals surface area contributed by atoms with Gasteiger partial charge in [-0.15, -0.1) is 0 Å². The zero-order chi connectivity index (χ0) is 21.2. The predicted molar refractivity (Wildman–Crippen MR) is 117 cm³/mol. The van der Waals surface area contributed by atoms with Crippen LogP contribution >= 0.6 is 11.6 Å². The largest absolute Gasteiger partial charge is 0.490 e. The van der Waals surface area contributed by atoms with Crippen LogP contribution in [0.3, 0.4) is 0 Å². The van der Waals surface area contributed by atoms with Crippen molar-refractivity contribution in [3.63, 3.8) is 0 Å². The maximum Gasteiger partial charge on any atom is 0.311 e. The van der Waals surface area contributed by atoms with E-state index in [-0.39, 0.29) is 5.97 Å². The summed E-state index contributed by atoms with van der Waals surface area (Å²) in [6.07, 6.45) is 6.49. The topological polar surface area (TPSA) is 54.0 Å². The lowest BCUT2D eigenvalue weighted by molar-refractivity contribution is -0.134. The molecule has 29 heavy (non-hydrogen) atoms. The first-order chi connectivity index (χ1) is 14.1. The van der Waals surface area contributed by atoms with Crippen LogP contribution in [0.5, 0.6) is 23.0 Å². The zero-order valence-corrected chi connectivity index (χ0v) is 18.6.